The van der Waals surface area contributed by atoms with E-state index in [0.717, 1.165) is 19.5 Å². The van der Waals surface area contributed by atoms with Crippen molar-refractivity contribution in [2.75, 3.05) is 24.5 Å². The van der Waals surface area contributed by atoms with Crippen LogP contribution in [0.2, 0.25) is 0 Å². The predicted octanol–water partition coefficient (Wildman–Crippen LogP) is 2.55. The van der Waals surface area contributed by atoms with Crippen LogP contribution < -0.4 is 16.0 Å². The Hall–Kier alpha value is -3.02. The van der Waals surface area contributed by atoms with E-state index in [4.69, 9.17) is 4.42 Å². The van der Waals surface area contributed by atoms with E-state index in [9.17, 15) is 9.59 Å². The smallest absolute Gasteiger partial charge is 0.408 e. The first kappa shape index (κ1) is 17.4. The van der Waals surface area contributed by atoms with Gasteiger partial charge in [-0.15, -0.1) is 0 Å². The summed E-state index contributed by atoms with van der Waals surface area (Å²) in [5.41, 5.74) is 3.63. The van der Waals surface area contributed by atoms with Gasteiger partial charge in [0.2, 0.25) is 5.91 Å². The number of fused-ring (bicyclic) bond motifs is 1. The number of aromatic nitrogens is 1. The lowest BCUT2D eigenvalue weighted by molar-refractivity contribution is -0.121. The van der Waals surface area contributed by atoms with Crippen LogP contribution in [-0.2, 0) is 11.3 Å². The molecule has 6 nitrogen and oxygen atoms in total. The van der Waals surface area contributed by atoms with Crippen LogP contribution in [0.4, 0.5) is 5.69 Å². The topological polar surface area (TPSA) is 67.5 Å². The van der Waals surface area contributed by atoms with Crippen molar-refractivity contribution >= 4 is 22.7 Å². The first-order valence-electron chi connectivity index (χ1n) is 9.27. The highest BCUT2D eigenvalue weighted by atomic mass is 16.4. The number of aryl methyl sites for hydroxylation is 1. The SMILES string of the molecule is Cc1cccc(N2CC[C@@H](CNC(=O)Cn3c(=O)oc4ccccc43)C2)c1. The Morgan fingerprint density at radius 1 is 1.22 bits per heavy atom. The molecule has 2 heterocycles. The van der Waals surface area contributed by atoms with Crippen molar-refractivity contribution in [2.45, 2.75) is 19.9 Å². The second-order valence-electron chi connectivity index (χ2n) is 7.17. The standard InChI is InChI=1S/C21H23N3O3/c1-15-5-4-6-17(11-15)23-10-9-16(13-23)12-22-20(25)14-24-18-7-2-3-8-19(18)27-21(24)26/h2-8,11,16H,9-10,12-14H2,1H3,(H,22,25)/t16-/m0/s1. The number of carbonyl (C=O) groups excluding carboxylic acids is 1. The van der Waals surface area contributed by atoms with Crippen molar-refractivity contribution in [2.24, 2.45) is 5.92 Å². The molecule has 140 valence electrons. The van der Waals surface area contributed by atoms with Crippen LogP contribution in [0.3, 0.4) is 0 Å². The summed E-state index contributed by atoms with van der Waals surface area (Å²) in [7, 11) is 0. The Bertz CT molecular complexity index is 1020. The van der Waals surface area contributed by atoms with Crippen LogP contribution in [0, 0.1) is 12.8 Å². The molecular formula is C21H23N3O3. The van der Waals surface area contributed by atoms with Crippen molar-refractivity contribution in [3.63, 3.8) is 0 Å². The molecule has 1 aromatic heterocycles. The van der Waals surface area contributed by atoms with Gasteiger partial charge in [0.1, 0.15) is 6.54 Å². The first-order valence-corrected chi connectivity index (χ1v) is 9.27. The number of hydrogen-bond donors (Lipinski definition) is 1. The minimum atomic E-state index is -0.502. The Kier molecular flexibility index (Phi) is 4.71. The zero-order valence-corrected chi connectivity index (χ0v) is 15.4. The van der Waals surface area contributed by atoms with E-state index in [2.05, 4.69) is 41.4 Å². The maximum Gasteiger partial charge on any atom is 0.420 e. The molecule has 1 aliphatic rings. The van der Waals surface area contributed by atoms with Gasteiger partial charge in [-0.25, -0.2) is 4.79 Å². The van der Waals surface area contributed by atoms with Crippen LogP contribution in [0.5, 0.6) is 0 Å². The van der Waals surface area contributed by atoms with Crippen LogP contribution in [0.1, 0.15) is 12.0 Å². The van der Waals surface area contributed by atoms with E-state index in [1.54, 1.807) is 18.2 Å². The lowest BCUT2D eigenvalue weighted by Gasteiger charge is -2.19. The average Bonchev–Trinajstić information content (AvgIpc) is 3.25. The van der Waals surface area contributed by atoms with Crippen molar-refractivity contribution in [3.8, 4) is 0 Å². The molecule has 0 aliphatic carbocycles. The van der Waals surface area contributed by atoms with Gasteiger partial charge in [0.05, 0.1) is 5.52 Å². The van der Waals surface area contributed by atoms with Crippen LogP contribution >= 0.6 is 0 Å². The molecule has 0 spiro atoms. The number of oxazole rings is 1. The minimum Gasteiger partial charge on any atom is -0.408 e. The number of hydrogen-bond acceptors (Lipinski definition) is 4. The third-order valence-electron chi connectivity index (χ3n) is 5.12. The summed E-state index contributed by atoms with van der Waals surface area (Å²) in [5.74, 6) is -0.261. The van der Waals surface area contributed by atoms with E-state index in [0.29, 0.717) is 23.6 Å². The number of amides is 1. The van der Waals surface area contributed by atoms with Crippen LogP contribution in [0.25, 0.3) is 11.1 Å². The molecule has 4 rings (SSSR count). The highest BCUT2D eigenvalue weighted by Gasteiger charge is 2.23. The number of nitrogens with zero attached hydrogens (tertiary/aromatic N) is 2. The highest BCUT2D eigenvalue weighted by Crippen LogP contribution is 2.24. The maximum absolute atomic E-state index is 12.3. The third kappa shape index (κ3) is 3.74. The van der Waals surface area contributed by atoms with E-state index in [-0.39, 0.29) is 12.5 Å². The van der Waals surface area contributed by atoms with E-state index < -0.39 is 5.76 Å². The molecule has 6 heteroatoms. The largest absolute Gasteiger partial charge is 0.420 e. The molecule has 0 bridgehead atoms. The zero-order chi connectivity index (χ0) is 18.8. The predicted molar refractivity (Wildman–Crippen MR) is 105 cm³/mol. The molecule has 1 amide bonds. The monoisotopic (exact) mass is 365 g/mol. The first-order chi connectivity index (χ1) is 13.1. The van der Waals surface area contributed by atoms with Crippen LogP contribution in [0.15, 0.2) is 57.7 Å². The summed E-state index contributed by atoms with van der Waals surface area (Å²) in [6, 6.07) is 15.6. The van der Waals surface area contributed by atoms with Gasteiger partial charge < -0.3 is 14.6 Å². The number of rotatable bonds is 5. The normalized spacial score (nSPS) is 16.8. The highest BCUT2D eigenvalue weighted by molar-refractivity contribution is 5.79. The minimum absolute atomic E-state index is 0.0236. The van der Waals surface area contributed by atoms with Gasteiger partial charge in [-0.3, -0.25) is 9.36 Å². The summed E-state index contributed by atoms with van der Waals surface area (Å²) in [6.07, 6.45) is 1.04. The molecule has 1 saturated heterocycles. The second kappa shape index (κ2) is 7.31. The molecule has 0 unspecified atom stereocenters. The number of carbonyl (C=O) groups is 1. The number of para-hydroxylation sites is 2. The zero-order valence-electron chi connectivity index (χ0n) is 15.4. The van der Waals surface area contributed by atoms with Gasteiger partial charge >= 0.3 is 5.76 Å². The summed E-state index contributed by atoms with van der Waals surface area (Å²) >= 11 is 0. The Morgan fingerprint density at radius 2 is 2.07 bits per heavy atom. The molecule has 1 aliphatic heterocycles. The molecule has 3 aromatic rings. The van der Waals surface area contributed by atoms with Gasteiger partial charge in [0.25, 0.3) is 0 Å². The fourth-order valence-electron chi connectivity index (χ4n) is 3.68. The molecular weight excluding hydrogens is 342 g/mol. The lowest BCUT2D eigenvalue weighted by atomic mass is 10.1. The third-order valence-corrected chi connectivity index (χ3v) is 5.12. The van der Waals surface area contributed by atoms with Crippen molar-refractivity contribution < 1.29 is 9.21 Å². The fraction of sp³-hybridized carbons (Fsp3) is 0.333. The lowest BCUT2D eigenvalue weighted by Crippen LogP contribution is -2.35. The number of anilines is 1. The van der Waals surface area contributed by atoms with E-state index in [1.165, 1.54) is 15.8 Å². The molecule has 0 saturated carbocycles. The van der Waals surface area contributed by atoms with Gasteiger partial charge in [-0.05, 0) is 49.1 Å². The van der Waals surface area contributed by atoms with Gasteiger partial charge in [-0.1, -0.05) is 24.3 Å². The van der Waals surface area contributed by atoms with E-state index >= 15 is 0 Å². The molecule has 1 fully saturated rings. The number of nitrogens with one attached hydrogen (secondary N) is 1. The molecule has 1 N–H and O–H groups in total. The van der Waals surface area contributed by atoms with Crippen molar-refractivity contribution in [3.05, 3.63) is 64.6 Å². The molecule has 0 radical (unpaired) electrons. The quantitative estimate of drug-likeness (QED) is 0.755. The van der Waals surface area contributed by atoms with Crippen molar-refractivity contribution in [1.29, 1.82) is 0 Å². The Morgan fingerprint density at radius 3 is 2.93 bits per heavy atom. The van der Waals surface area contributed by atoms with Gasteiger partial charge in [0, 0.05) is 25.3 Å². The number of benzene rings is 2. The molecule has 1 atom stereocenters. The second-order valence-corrected chi connectivity index (χ2v) is 7.17. The van der Waals surface area contributed by atoms with Crippen molar-refractivity contribution in [1.82, 2.24) is 9.88 Å². The maximum atomic E-state index is 12.3. The van der Waals surface area contributed by atoms with E-state index in [1.807, 2.05) is 6.07 Å². The summed E-state index contributed by atoms with van der Waals surface area (Å²) in [5, 5.41) is 2.97. The Labute approximate surface area is 157 Å². The fourth-order valence-corrected chi connectivity index (χ4v) is 3.68. The molecule has 2 aromatic carbocycles. The average molecular weight is 365 g/mol. The van der Waals surface area contributed by atoms with Crippen LogP contribution in [-0.4, -0.2) is 30.1 Å². The molecule has 27 heavy (non-hydrogen) atoms. The van der Waals surface area contributed by atoms with Gasteiger partial charge in [0.15, 0.2) is 5.58 Å². The summed E-state index contributed by atoms with van der Waals surface area (Å²) < 4.78 is 6.54. The summed E-state index contributed by atoms with van der Waals surface area (Å²) in [4.78, 5) is 26.7. The Balaban J connectivity index is 1.33. The summed E-state index contributed by atoms with van der Waals surface area (Å²) in [6.45, 7) is 4.61. The van der Waals surface area contributed by atoms with Gasteiger partial charge in [-0.2, -0.15) is 0 Å².